The van der Waals surface area contributed by atoms with Crippen molar-refractivity contribution in [2.24, 2.45) is 0 Å². The Morgan fingerprint density at radius 1 is 0.774 bits per heavy atom. The first-order valence-corrected chi connectivity index (χ1v) is 9.84. The van der Waals surface area contributed by atoms with Gasteiger partial charge in [0.2, 0.25) is 0 Å². The van der Waals surface area contributed by atoms with E-state index in [1.165, 1.54) is 0 Å². The Labute approximate surface area is 179 Å². The minimum Gasteiger partial charge on any atom is -0.497 e. The molecule has 0 saturated carbocycles. The molecule has 0 unspecified atom stereocenters. The van der Waals surface area contributed by atoms with Crippen LogP contribution in [0.3, 0.4) is 0 Å². The maximum Gasteiger partial charge on any atom is 0.119 e. The molecule has 31 heavy (non-hydrogen) atoms. The summed E-state index contributed by atoms with van der Waals surface area (Å²) < 4.78 is 13.1. The lowest BCUT2D eigenvalue weighted by Crippen LogP contribution is -1.96. The Bertz CT molecular complexity index is 1400. The van der Waals surface area contributed by atoms with Gasteiger partial charge in [0.05, 0.1) is 36.9 Å². The van der Waals surface area contributed by atoms with Gasteiger partial charge in [-0.2, -0.15) is 5.26 Å². The normalized spacial score (nSPS) is 10.9. The summed E-state index contributed by atoms with van der Waals surface area (Å²) in [5, 5.41) is 12.0. The Hall–Kier alpha value is -4.30. The molecule has 5 rings (SSSR count). The van der Waals surface area contributed by atoms with Crippen LogP contribution in [0.1, 0.15) is 5.56 Å². The summed E-state index contributed by atoms with van der Waals surface area (Å²) in [6.45, 7) is 0. The van der Waals surface area contributed by atoms with Crippen LogP contribution in [0.2, 0.25) is 0 Å². The van der Waals surface area contributed by atoms with Gasteiger partial charge in [-0.25, -0.2) is 0 Å². The number of fused-ring (bicyclic) bond motifs is 3. The summed E-state index contributed by atoms with van der Waals surface area (Å²) >= 11 is 0. The third-order valence-corrected chi connectivity index (χ3v) is 5.55. The second-order valence-electron chi connectivity index (χ2n) is 7.18. The van der Waals surface area contributed by atoms with E-state index in [9.17, 15) is 5.26 Å². The minimum absolute atomic E-state index is 0.612. The van der Waals surface area contributed by atoms with Crippen LogP contribution in [0.4, 0.5) is 0 Å². The number of ether oxygens (including phenoxy) is 2. The van der Waals surface area contributed by atoms with E-state index >= 15 is 0 Å². The quantitative estimate of drug-likeness (QED) is 0.383. The Morgan fingerprint density at radius 2 is 1.39 bits per heavy atom. The molecule has 2 heterocycles. The van der Waals surface area contributed by atoms with Gasteiger partial charge >= 0.3 is 0 Å². The molecule has 0 aliphatic carbocycles. The number of hydrogen-bond donors (Lipinski definition) is 0. The first kappa shape index (κ1) is 18.7. The van der Waals surface area contributed by atoms with Crippen molar-refractivity contribution < 1.29 is 9.47 Å². The molecule has 0 radical (unpaired) electrons. The maximum absolute atomic E-state index is 9.86. The number of nitriles is 1. The molecule has 5 aromatic rings. The summed E-state index contributed by atoms with van der Waals surface area (Å²) in [4.78, 5) is 4.07. The van der Waals surface area contributed by atoms with Crippen LogP contribution in [0, 0.1) is 11.3 Å². The molecular weight excluding hydrogens is 386 g/mol. The van der Waals surface area contributed by atoms with E-state index in [2.05, 4.69) is 15.6 Å². The van der Waals surface area contributed by atoms with Crippen LogP contribution in [0.5, 0.6) is 11.5 Å². The Balaban J connectivity index is 1.79. The van der Waals surface area contributed by atoms with Crippen molar-refractivity contribution in [1.82, 2.24) is 9.55 Å². The molecule has 3 aromatic carbocycles. The first-order chi connectivity index (χ1) is 15.2. The highest BCUT2D eigenvalue weighted by atomic mass is 16.5. The van der Waals surface area contributed by atoms with Gasteiger partial charge in [0, 0.05) is 28.9 Å². The van der Waals surface area contributed by atoms with E-state index in [4.69, 9.17) is 9.47 Å². The minimum atomic E-state index is 0.612. The smallest absolute Gasteiger partial charge is 0.119 e. The van der Waals surface area contributed by atoms with Gasteiger partial charge in [-0.05, 0) is 71.8 Å². The van der Waals surface area contributed by atoms with Gasteiger partial charge < -0.3 is 14.0 Å². The van der Waals surface area contributed by atoms with Crippen molar-refractivity contribution in [1.29, 1.82) is 5.26 Å². The predicted octanol–water partition coefficient (Wildman–Crippen LogP) is 5.73. The average Bonchev–Trinajstić information content (AvgIpc) is 3.16. The summed E-state index contributed by atoms with van der Waals surface area (Å²) in [6, 6.07) is 24.2. The summed E-state index contributed by atoms with van der Waals surface area (Å²) in [5.74, 6) is 1.58. The van der Waals surface area contributed by atoms with Crippen molar-refractivity contribution >= 4 is 21.8 Å². The highest BCUT2D eigenvalue weighted by molar-refractivity contribution is 6.10. The fourth-order valence-corrected chi connectivity index (χ4v) is 4.06. The Kier molecular flexibility index (Phi) is 4.53. The van der Waals surface area contributed by atoms with Crippen molar-refractivity contribution in [2.75, 3.05) is 14.2 Å². The predicted molar refractivity (Wildman–Crippen MR) is 122 cm³/mol. The molecule has 0 aliphatic rings. The topological polar surface area (TPSA) is 60.1 Å². The SMILES string of the molecule is COc1ccc2c(c1)c1cc(OC)ccc1n2-c1ccc(-c2ccncc2)c(C#N)c1. The van der Waals surface area contributed by atoms with Gasteiger partial charge in [0.1, 0.15) is 11.5 Å². The molecule has 0 bridgehead atoms. The van der Waals surface area contributed by atoms with Crippen LogP contribution < -0.4 is 9.47 Å². The van der Waals surface area contributed by atoms with Gasteiger partial charge in [-0.3, -0.25) is 4.98 Å². The van der Waals surface area contributed by atoms with E-state index in [1.807, 2.05) is 66.7 Å². The molecule has 2 aromatic heterocycles. The Morgan fingerprint density at radius 3 is 1.94 bits per heavy atom. The molecule has 0 atom stereocenters. The monoisotopic (exact) mass is 405 g/mol. The molecule has 0 N–H and O–H groups in total. The molecule has 0 aliphatic heterocycles. The van der Waals surface area contributed by atoms with Crippen molar-refractivity contribution in [3.8, 4) is 34.4 Å². The summed E-state index contributed by atoms with van der Waals surface area (Å²) in [5.41, 5.74) is 5.45. The molecule has 0 saturated heterocycles. The van der Waals surface area contributed by atoms with Crippen molar-refractivity contribution in [2.45, 2.75) is 0 Å². The largest absolute Gasteiger partial charge is 0.497 e. The van der Waals surface area contributed by atoms with Crippen LogP contribution in [0.25, 0.3) is 38.6 Å². The highest BCUT2D eigenvalue weighted by Crippen LogP contribution is 2.37. The molecule has 0 fully saturated rings. The molecule has 150 valence electrons. The van der Waals surface area contributed by atoms with Crippen molar-refractivity contribution in [3.63, 3.8) is 0 Å². The number of nitrogens with zero attached hydrogens (tertiary/aromatic N) is 3. The summed E-state index contributed by atoms with van der Waals surface area (Å²) in [6.07, 6.45) is 3.47. The molecule has 0 amide bonds. The third-order valence-electron chi connectivity index (χ3n) is 5.55. The molecule has 5 heteroatoms. The van der Waals surface area contributed by atoms with E-state index in [-0.39, 0.29) is 0 Å². The number of rotatable bonds is 4. The number of aromatic nitrogens is 2. The first-order valence-electron chi connectivity index (χ1n) is 9.84. The lowest BCUT2D eigenvalue weighted by Gasteiger charge is -2.11. The second kappa shape index (κ2) is 7.51. The lowest BCUT2D eigenvalue weighted by molar-refractivity contribution is 0.415. The number of hydrogen-bond acceptors (Lipinski definition) is 4. The van der Waals surface area contributed by atoms with E-state index in [0.29, 0.717) is 5.56 Å². The van der Waals surface area contributed by atoms with Crippen LogP contribution >= 0.6 is 0 Å². The average molecular weight is 405 g/mol. The number of pyridine rings is 1. The zero-order valence-electron chi connectivity index (χ0n) is 17.2. The summed E-state index contributed by atoms with van der Waals surface area (Å²) in [7, 11) is 3.33. The van der Waals surface area contributed by atoms with Crippen molar-refractivity contribution in [3.05, 3.63) is 84.7 Å². The molecular formula is C26H19N3O2. The lowest BCUT2D eigenvalue weighted by atomic mass is 10.0. The van der Waals surface area contributed by atoms with E-state index < -0.39 is 0 Å². The van der Waals surface area contributed by atoms with Crippen LogP contribution in [0.15, 0.2) is 79.1 Å². The molecule has 5 nitrogen and oxygen atoms in total. The number of methoxy groups -OCH3 is 2. The zero-order chi connectivity index (χ0) is 21.4. The van der Waals surface area contributed by atoms with Gasteiger partial charge in [-0.1, -0.05) is 6.07 Å². The van der Waals surface area contributed by atoms with E-state index in [1.54, 1.807) is 26.6 Å². The third kappa shape index (κ3) is 3.06. The highest BCUT2D eigenvalue weighted by Gasteiger charge is 2.15. The van der Waals surface area contributed by atoms with Crippen LogP contribution in [-0.2, 0) is 0 Å². The standard InChI is InChI=1S/C26H19N3O2/c1-30-20-4-7-25-23(14-20)24-15-21(31-2)5-8-26(24)29(25)19-3-6-22(18(13-19)16-27)17-9-11-28-12-10-17/h3-15H,1-2H3. The zero-order valence-corrected chi connectivity index (χ0v) is 17.2. The number of benzene rings is 3. The second-order valence-corrected chi connectivity index (χ2v) is 7.18. The van der Waals surface area contributed by atoms with Gasteiger partial charge in [0.25, 0.3) is 0 Å². The molecule has 0 spiro atoms. The van der Waals surface area contributed by atoms with Crippen LogP contribution in [-0.4, -0.2) is 23.8 Å². The van der Waals surface area contributed by atoms with E-state index in [0.717, 1.165) is 50.1 Å². The fourth-order valence-electron chi connectivity index (χ4n) is 4.06. The fraction of sp³-hybridized carbons (Fsp3) is 0.0769. The van der Waals surface area contributed by atoms with Gasteiger partial charge in [-0.15, -0.1) is 0 Å². The van der Waals surface area contributed by atoms with Gasteiger partial charge in [0.15, 0.2) is 0 Å². The maximum atomic E-state index is 9.86.